The molecule has 4 aromatic rings. The topological polar surface area (TPSA) is 70.7 Å². The Balaban J connectivity index is 1.63. The second-order valence-electron chi connectivity index (χ2n) is 5.86. The number of nitrogens with zero attached hydrogens (tertiary/aromatic N) is 2. The predicted molar refractivity (Wildman–Crippen MR) is 98.5 cm³/mol. The minimum absolute atomic E-state index is 0.238. The highest BCUT2D eigenvalue weighted by Gasteiger charge is 2.09. The molecule has 25 heavy (non-hydrogen) atoms. The molecule has 0 saturated carbocycles. The molecule has 1 amide bonds. The first-order valence-electron chi connectivity index (χ1n) is 7.98. The van der Waals surface area contributed by atoms with E-state index in [4.69, 9.17) is 0 Å². The number of carbonyl (C=O) groups is 1. The van der Waals surface area contributed by atoms with Gasteiger partial charge in [-0.1, -0.05) is 24.3 Å². The molecule has 0 spiro atoms. The molecule has 0 aliphatic carbocycles. The number of hydrogen-bond acceptors (Lipinski definition) is 3. The van der Waals surface area contributed by atoms with E-state index < -0.39 is 0 Å². The van der Waals surface area contributed by atoms with E-state index >= 15 is 0 Å². The SMILES string of the molecule is Cc1ccc2[nH]c(-c3cccc(NC(=O)c4ccccn4)c3)nc2c1. The van der Waals surface area contributed by atoms with Gasteiger partial charge < -0.3 is 10.3 Å². The lowest BCUT2D eigenvalue weighted by Crippen LogP contribution is -2.13. The fraction of sp³-hybridized carbons (Fsp3) is 0.0500. The minimum atomic E-state index is -0.238. The van der Waals surface area contributed by atoms with Gasteiger partial charge in [-0.05, 0) is 48.9 Å². The fourth-order valence-electron chi connectivity index (χ4n) is 2.69. The van der Waals surface area contributed by atoms with Gasteiger partial charge in [0.2, 0.25) is 0 Å². The monoisotopic (exact) mass is 328 g/mol. The summed E-state index contributed by atoms with van der Waals surface area (Å²) in [5, 5.41) is 2.87. The van der Waals surface area contributed by atoms with Crippen molar-refractivity contribution in [1.82, 2.24) is 15.0 Å². The van der Waals surface area contributed by atoms with Gasteiger partial charge >= 0.3 is 0 Å². The first-order valence-corrected chi connectivity index (χ1v) is 7.98. The summed E-state index contributed by atoms with van der Waals surface area (Å²) in [4.78, 5) is 24.3. The number of amides is 1. The number of imidazole rings is 1. The first-order chi connectivity index (χ1) is 12.2. The number of anilines is 1. The second kappa shape index (κ2) is 6.20. The van der Waals surface area contributed by atoms with Crippen molar-refractivity contribution < 1.29 is 4.79 Å². The number of benzene rings is 2. The van der Waals surface area contributed by atoms with Gasteiger partial charge in [-0.15, -0.1) is 0 Å². The van der Waals surface area contributed by atoms with Crippen molar-refractivity contribution in [3.8, 4) is 11.4 Å². The van der Waals surface area contributed by atoms with Crippen LogP contribution in [0.2, 0.25) is 0 Å². The van der Waals surface area contributed by atoms with Crippen LogP contribution < -0.4 is 5.32 Å². The number of carbonyl (C=O) groups excluding carboxylic acids is 1. The number of aryl methyl sites for hydroxylation is 1. The maximum Gasteiger partial charge on any atom is 0.274 e. The second-order valence-corrected chi connectivity index (χ2v) is 5.86. The van der Waals surface area contributed by atoms with E-state index in [0.717, 1.165) is 22.4 Å². The third-order valence-corrected chi connectivity index (χ3v) is 3.93. The van der Waals surface area contributed by atoms with Crippen LogP contribution in [-0.4, -0.2) is 20.9 Å². The Kier molecular flexibility index (Phi) is 3.74. The molecule has 0 aliphatic rings. The predicted octanol–water partition coefficient (Wildman–Crippen LogP) is 4.19. The number of aromatic nitrogens is 3. The van der Waals surface area contributed by atoms with Gasteiger partial charge in [-0.25, -0.2) is 4.98 Å². The molecule has 5 nitrogen and oxygen atoms in total. The number of hydrogen-bond donors (Lipinski definition) is 2. The number of H-pyrrole nitrogens is 1. The minimum Gasteiger partial charge on any atom is -0.338 e. The number of pyridine rings is 1. The van der Waals surface area contributed by atoms with Crippen molar-refractivity contribution in [2.75, 3.05) is 5.32 Å². The van der Waals surface area contributed by atoms with Gasteiger partial charge in [0.15, 0.2) is 0 Å². The zero-order chi connectivity index (χ0) is 17.2. The van der Waals surface area contributed by atoms with E-state index in [0.29, 0.717) is 11.4 Å². The van der Waals surface area contributed by atoms with Gasteiger partial charge in [0.1, 0.15) is 11.5 Å². The summed E-state index contributed by atoms with van der Waals surface area (Å²) in [5.74, 6) is 0.535. The van der Waals surface area contributed by atoms with Crippen molar-refractivity contribution >= 4 is 22.6 Å². The Hall–Kier alpha value is -3.47. The van der Waals surface area contributed by atoms with Gasteiger partial charge in [-0.2, -0.15) is 0 Å². The van der Waals surface area contributed by atoms with Crippen molar-refractivity contribution in [3.63, 3.8) is 0 Å². The largest absolute Gasteiger partial charge is 0.338 e. The van der Waals surface area contributed by atoms with E-state index in [-0.39, 0.29) is 5.91 Å². The third-order valence-electron chi connectivity index (χ3n) is 3.93. The van der Waals surface area contributed by atoms with Gasteiger partial charge in [0.05, 0.1) is 11.0 Å². The molecule has 0 atom stereocenters. The maximum absolute atomic E-state index is 12.2. The van der Waals surface area contributed by atoms with E-state index in [9.17, 15) is 4.79 Å². The number of rotatable bonds is 3. The normalized spacial score (nSPS) is 10.8. The smallest absolute Gasteiger partial charge is 0.274 e. The van der Waals surface area contributed by atoms with E-state index in [2.05, 4.69) is 20.3 Å². The Morgan fingerprint density at radius 2 is 1.96 bits per heavy atom. The van der Waals surface area contributed by atoms with Crippen molar-refractivity contribution in [2.45, 2.75) is 6.92 Å². The van der Waals surface area contributed by atoms with Crippen LogP contribution >= 0.6 is 0 Å². The van der Waals surface area contributed by atoms with Crippen LogP contribution in [0.4, 0.5) is 5.69 Å². The molecule has 0 bridgehead atoms. The number of aromatic amines is 1. The van der Waals surface area contributed by atoms with Crippen LogP contribution in [0.25, 0.3) is 22.4 Å². The zero-order valence-electron chi connectivity index (χ0n) is 13.7. The van der Waals surface area contributed by atoms with Crippen LogP contribution in [0.15, 0.2) is 66.9 Å². The standard InChI is InChI=1S/C20H16N4O/c1-13-8-9-16-18(11-13)24-19(23-16)14-5-4-6-15(12-14)22-20(25)17-7-2-3-10-21-17/h2-12H,1H3,(H,22,25)(H,23,24). The van der Waals surface area contributed by atoms with Gasteiger partial charge in [-0.3, -0.25) is 9.78 Å². The summed E-state index contributed by atoms with van der Waals surface area (Å²) in [5.41, 5.74) is 5.08. The molecule has 0 fully saturated rings. The third kappa shape index (κ3) is 3.12. The Morgan fingerprint density at radius 1 is 1.04 bits per heavy atom. The molecular weight excluding hydrogens is 312 g/mol. The lowest BCUT2D eigenvalue weighted by Gasteiger charge is -2.06. The van der Waals surface area contributed by atoms with Crippen LogP contribution in [-0.2, 0) is 0 Å². The molecule has 4 rings (SSSR count). The lowest BCUT2D eigenvalue weighted by atomic mass is 10.2. The van der Waals surface area contributed by atoms with Crippen LogP contribution in [0.3, 0.4) is 0 Å². The molecule has 2 N–H and O–H groups in total. The highest BCUT2D eigenvalue weighted by molar-refractivity contribution is 6.03. The van der Waals surface area contributed by atoms with Crippen molar-refractivity contribution in [1.29, 1.82) is 0 Å². The first kappa shape index (κ1) is 15.1. The molecular formula is C20H16N4O. The Morgan fingerprint density at radius 3 is 2.80 bits per heavy atom. The molecule has 0 unspecified atom stereocenters. The highest BCUT2D eigenvalue weighted by Crippen LogP contribution is 2.23. The van der Waals surface area contributed by atoms with Crippen LogP contribution in [0.1, 0.15) is 16.1 Å². The Bertz CT molecular complexity index is 1050. The summed E-state index contributed by atoms with van der Waals surface area (Å²) in [7, 11) is 0. The van der Waals surface area contributed by atoms with Crippen LogP contribution in [0, 0.1) is 6.92 Å². The quantitative estimate of drug-likeness (QED) is 0.592. The Labute approximate surface area is 144 Å². The number of nitrogens with one attached hydrogen (secondary N) is 2. The van der Waals surface area contributed by atoms with Crippen molar-refractivity contribution in [2.24, 2.45) is 0 Å². The molecule has 2 heterocycles. The summed E-state index contributed by atoms with van der Waals surface area (Å²) < 4.78 is 0. The summed E-state index contributed by atoms with van der Waals surface area (Å²) in [6.45, 7) is 2.04. The van der Waals surface area contributed by atoms with E-state index in [1.807, 2.05) is 49.4 Å². The molecule has 0 aliphatic heterocycles. The average molecular weight is 328 g/mol. The molecule has 5 heteroatoms. The molecule has 0 radical (unpaired) electrons. The van der Waals surface area contributed by atoms with Crippen molar-refractivity contribution in [3.05, 3.63) is 78.1 Å². The molecule has 122 valence electrons. The zero-order valence-corrected chi connectivity index (χ0v) is 13.7. The van der Waals surface area contributed by atoms with Gasteiger partial charge in [0.25, 0.3) is 5.91 Å². The summed E-state index contributed by atoms with van der Waals surface area (Å²) in [6, 6.07) is 18.9. The van der Waals surface area contributed by atoms with Crippen LogP contribution in [0.5, 0.6) is 0 Å². The summed E-state index contributed by atoms with van der Waals surface area (Å²) in [6.07, 6.45) is 1.60. The fourth-order valence-corrected chi connectivity index (χ4v) is 2.69. The highest BCUT2D eigenvalue weighted by atomic mass is 16.1. The van der Waals surface area contributed by atoms with E-state index in [1.54, 1.807) is 24.4 Å². The lowest BCUT2D eigenvalue weighted by molar-refractivity contribution is 0.102. The van der Waals surface area contributed by atoms with E-state index in [1.165, 1.54) is 5.56 Å². The molecule has 0 saturated heterocycles. The molecule has 2 aromatic heterocycles. The summed E-state index contributed by atoms with van der Waals surface area (Å²) >= 11 is 0. The molecule has 2 aromatic carbocycles. The number of fused-ring (bicyclic) bond motifs is 1. The maximum atomic E-state index is 12.2. The van der Waals surface area contributed by atoms with Gasteiger partial charge in [0, 0.05) is 17.4 Å². The average Bonchev–Trinajstić information content (AvgIpc) is 3.06.